The summed E-state index contributed by atoms with van der Waals surface area (Å²) in [4.78, 5) is 5.46. The first-order chi connectivity index (χ1) is 12.4. The van der Waals surface area contributed by atoms with Crippen molar-refractivity contribution in [3.63, 3.8) is 0 Å². The van der Waals surface area contributed by atoms with Crippen molar-refractivity contribution in [1.82, 2.24) is 9.88 Å². The van der Waals surface area contributed by atoms with Crippen molar-refractivity contribution in [2.75, 3.05) is 27.3 Å². The predicted octanol–water partition coefficient (Wildman–Crippen LogP) is 3.38. The van der Waals surface area contributed by atoms with Gasteiger partial charge in [0.2, 0.25) is 0 Å². The number of hydrogen-bond acceptors (Lipinski definition) is 5. The number of nitrogens with zero attached hydrogens (tertiary/aromatic N) is 2. The summed E-state index contributed by atoms with van der Waals surface area (Å²) in [6, 6.07) is 8.07. The van der Waals surface area contributed by atoms with Crippen molar-refractivity contribution >= 4 is 0 Å². The second-order valence-electron chi connectivity index (χ2n) is 6.00. The van der Waals surface area contributed by atoms with E-state index in [0.717, 1.165) is 17.8 Å². The molecule has 5 nitrogen and oxygen atoms in total. The molecule has 1 aliphatic rings. The molecule has 140 valence electrons. The Bertz CT molecular complexity index is 762. The van der Waals surface area contributed by atoms with Gasteiger partial charge in [-0.25, -0.2) is 0 Å². The fourth-order valence-electron chi connectivity index (χ4n) is 2.80. The number of alkyl halides is 3. The van der Waals surface area contributed by atoms with Gasteiger partial charge in [0.25, 0.3) is 0 Å². The number of aromatic nitrogens is 1. The van der Waals surface area contributed by atoms with Gasteiger partial charge >= 0.3 is 6.18 Å². The number of benzene rings is 1. The lowest BCUT2D eigenvalue weighted by molar-refractivity contribution is -0.141. The highest BCUT2D eigenvalue weighted by molar-refractivity contribution is 5.42. The zero-order valence-corrected chi connectivity index (χ0v) is 14.4. The Morgan fingerprint density at radius 1 is 1.08 bits per heavy atom. The highest BCUT2D eigenvalue weighted by Crippen LogP contribution is 2.31. The molecule has 0 amide bonds. The largest absolute Gasteiger partial charge is 0.493 e. The lowest BCUT2D eigenvalue weighted by atomic mass is 10.1. The number of halogens is 3. The molecule has 0 bridgehead atoms. The van der Waals surface area contributed by atoms with Gasteiger partial charge in [0, 0.05) is 31.9 Å². The zero-order chi connectivity index (χ0) is 18.7. The number of likely N-dealkylation sites (tertiary alicyclic amines) is 1. The third kappa shape index (κ3) is 4.19. The van der Waals surface area contributed by atoms with E-state index >= 15 is 0 Å². The Hall–Kier alpha value is -2.48. The van der Waals surface area contributed by atoms with Crippen LogP contribution < -0.4 is 14.2 Å². The van der Waals surface area contributed by atoms with Crippen LogP contribution in [-0.4, -0.2) is 43.3 Å². The summed E-state index contributed by atoms with van der Waals surface area (Å²) in [6.45, 7) is 1.97. The Morgan fingerprint density at radius 2 is 1.81 bits per heavy atom. The maximum atomic E-state index is 12.7. The van der Waals surface area contributed by atoms with E-state index < -0.39 is 11.9 Å². The van der Waals surface area contributed by atoms with Crippen LogP contribution >= 0.6 is 0 Å². The summed E-state index contributed by atoms with van der Waals surface area (Å²) in [5.74, 6) is 1.51. The van der Waals surface area contributed by atoms with Gasteiger partial charge in [-0.3, -0.25) is 9.88 Å². The maximum Gasteiger partial charge on any atom is 0.433 e. The van der Waals surface area contributed by atoms with Crippen LogP contribution in [0.15, 0.2) is 36.5 Å². The minimum atomic E-state index is -4.47. The van der Waals surface area contributed by atoms with E-state index in [2.05, 4.69) is 9.88 Å². The van der Waals surface area contributed by atoms with Gasteiger partial charge in [-0.1, -0.05) is 6.07 Å². The van der Waals surface area contributed by atoms with Crippen LogP contribution in [0.1, 0.15) is 11.3 Å². The Morgan fingerprint density at radius 3 is 2.46 bits per heavy atom. The van der Waals surface area contributed by atoms with Gasteiger partial charge in [-0.05, 0) is 23.8 Å². The molecular formula is C18H19F3N2O3. The molecule has 0 unspecified atom stereocenters. The zero-order valence-electron chi connectivity index (χ0n) is 14.4. The normalized spacial score (nSPS) is 15.4. The van der Waals surface area contributed by atoms with Crippen LogP contribution in [0.3, 0.4) is 0 Å². The molecule has 26 heavy (non-hydrogen) atoms. The molecule has 0 aliphatic carbocycles. The van der Waals surface area contributed by atoms with E-state index in [1.165, 1.54) is 6.07 Å². The molecule has 2 heterocycles. The quantitative estimate of drug-likeness (QED) is 0.782. The first-order valence-corrected chi connectivity index (χ1v) is 8.02. The second kappa shape index (κ2) is 7.41. The molecule has 0 radical (unpaired) electrons. The van der Waals surface area contributed by atoms with Crippen molar-refractivity contribution < 1.29 is 27.4 Å². The van der Waals surface area contributed by atoms with Gasteiger partial charge in [-0.2, -0.15) is 13.2 Å². The summed E-state index contributed by atoms with van der Waals surface area (Å²) in [5.41, 5.74) is 0.112. The van der Waals surface area contributed by atoms with Crippen LogP contribution in [-0.2, 0) is 12.7 Å². The average Bonchev–Trinajstić information content (AvgIpc) is 2.59. The van der Waals surface area contributed by atoms with Crippen molar-refractivity contribution in [3.8, 4) is 17.2 Å². The van der Waals surface area contributed by atoms with E-state index in [1.54, 1.807) is 14.2 Å². The molecule has 8 heteroatoms. The SMILES string of the molecule is COc1ccc(CN2CC(Oc3ccnc(C(F)(F)F)c3)C2)cc1OC. The van der Waals surface area contributed by atoms with Crippen molar-refractivity contribution in [3.05, 3.63) is 47.8 Å². The fraction of sp³-hybridized carbons (Fsp3) is 0.389. The molecule has 0 N–H and O–H groups in total. The Balaban J connectivity index is 1.54. The number of rotatable bonds is 6. The number of hydrogen-bond donors (Lipinski definition) is 0. The monoisotopic (exact) mass is 368 g/mol. The van der Waals surface area contributed by atoms with Crippen molar-refractivity contribution in [1.29, 1.82) is 0 Å². The molecule has 1 saturated heterocycles. The molecule has 3 rings (SSSR count). The lowest BCUT2D eigenvalue weighted by Gasteiger charge is -2.39. The highest BCUT2D eigenvalue weighted by Gasteiger charge is 2.34. The molecule has 0 atom stereocenters. The minimum absolute atomic E-state index is 0.140. The topological polar surface area (TPSA) is 43.8 Å². The summed E-state index contributed by atoms with van der Waals surface area (Å²) in [5, 5.41) is 0. The highest BCUT2D eigenvalue weighted by atomic mass is 19.4. The van der Waals surface area contributed by atoms with Gasteiger partial charge in [0.05, 0.1) is 14.2 Å². The van der Waals surface area contributed by atoms with E-state index in [-0.39, 0.29) is 11.9 Å². The predicted molar refractivity (Wildman–Crippen MR) is 88.5 cm³/mol. The third-order valence-electron chi connectivity index (χ3n) is 4.10. The lowest BCUT2D eigenvalue weighted by Crippen LogP contribution is -2.53. The van der Waals surface area contributed by atoms with Crippen LogP contribution in [0, 0.1) is 0 Å². The van der Waals surface area contributed by atoms with Gasteiger partial charge in [-0.15, -0.1) is 0 Å². The number of ether oxygens (including phenoxy) is 3. The second-order valence-corrected chi connectivity index (χ2v) is 6.00. The smallest absolute Gasteiger partial charge is 0.433 e. The third-order valence-corrected chi connectivity index (χ3v) is 4.10. The van der Waals surface area contributed by atoms with Crippen LogP contribution in [0.4, 0.5) is 13.2 Å². The Labute approximate surface area is 149 Å². The van der Waals surface area contributed by atoms with Crippen LogP contribution in [0.25, 0.3) is 0 Å². The molecule has 0 saturated carbocycles. The van der Waals surface area contributed by atoms with E-state index in [1.807, 2.05) is 18.2 Å². The number of methoxy groups -OCH3 is 2. The molecule has 1 aliphatic heterocycles. The molecular weight excluding hydrogens is 349 g/mol. The molecule has 1 aromatic heterocycles. The van der Waals surface area contributed by atoms with Crippen molar-refractivity contribution in [2.24, 2.45) is 0 Å². The van der Waals surface area contributed by atoms with Gasteiger partial charge in [0.1, 0.15) is 17.5 Å². The first kappa shape index (κ1) is 18.3. The van der Waals surface area contributed by atoms with E-state index in [0.29, 0.717) is 31.1 Å². The maximum absolute atomic E-state index is 12.7. The first-order valence-electron chi connectivity index (χ1n) is 8.02. The Kier molecular flexibility index (Phi) is 5.22. The fourth-order valence-corrected chi connectivity index (χ4v) is 2.80. The van der Waals surface area contributed by atoms with Crippen molar-refractivity contribution in [2.45, 2.75) is 18.8 Å². The summed E-state index contributed by atoms with van der Waals surface area (Å²) < 4.78 is 54.1. The summed E-state index contributed by atoms with van der Waals surface area (Å²) in [6.07, 6.45) is -3.50. The van der Waals surface area contributed by atoms with Crippen LogP contribution in [0.5, 0.6) is 17.2 Å². The summed E-state index contributed by atoms with van der Waals surface area (Å²) in [7, 11) is 3.16. The standard InChI is InChI=1S/C18H19F3N2O3/c1-24-15-4-3-12(7-16(15)25-2)9-23-10-14(11-23)26-13-5-6-22-17(8-13)18(19,20)21/h3-8,14H,9-11H2,1-2H3. The average molecular weight is 368 g/mol. The summed E-state index contributed by atoms with van der Waals surface area (Å²) >= 11 is 0. The minimum Gasteiger partial charge on any atom is -0.493 e. The molecule has 1 aromatic carbocycles. The van der Waals surface area contributed by atoms with Gasteiger partial charge in [0.15, 0.2) is 11.5 Å². The molecule has 0 spiro atoms. The van der Waals surface area contributed by atoms with E-state index in [9.17, 15) is 13.2 Å². The number of pyridine rings is 1. The molecule has 2 aromatic rings. The van der Waals surface area contributed by atoms with Gasteiger partial charge < -0.3 is 14.2 Å². The molecule has 1 fully saturated rings. The van der Waals surface area contributed by atoms with E-state index in [4.69, 9.17) is 14.2 Å². The van der Waals surface area contributed by atoms with Crippen LogP contribution in [0.2, 0.25) is 0 Å².